The van der Waals surface area contributed by atoms with Crippen LogP contribution in [-0.2, 0) is 14.8 Å². The predicted octanol–water partition coefficient (Wildman–Crippen LogP) is 2.49. The molecule has 3 heterocycles. The van der Waals surface area contributed by atoms with Gasteiger partial charge >= 0.3 is 0 Å². The standard InChI is InChI=1S/C20H28N4O3S2/c1-14(2)15-6-4-8-17-18(15)21-20(28-17)23-12-10-22(11-13-23)19(25)16-7-5-9-24(16)29(3,26)27/h4,6,8,14,16H,5,7,9-13H2,1-3H3. The number of rotatable bonds is 4. The van der Waals surface area contributed by atoms with Gasteiger partial charge in [0.15, 0.2) is 5.13 Å². The van der Waals surface area contributed by atoms with Crippen molar-refractivity contribution in [2.24, 2.45) is 0 Å². The lowest BCUT2D eigenvalue weighted by molar-refractivity contribution is -0.134. The summed E-state index contributed by atoms with van der Waals surface area (Å²) in [5.74, 6) is 0.367. The number of thiazole rings is 1. The van der Waals surface area contributed by atoms with Crippen molar-refractivity contribution < 1.29 is 13.2 Å². The maximum absolute atomic E-state index is 12.9. The second-order valence-electron chi connectivity index (χ2n) is 8.19. The molecule has 2 aliphatic heterocycles. The average Bonchev–Trinajstić information content (AvgIpc) is 3.34. The van der Waals surface area contributed by atoms with Crippen LogP contribution in [0.2, 0.25) is 0 Å². The molecule has 0 saturated carbocycles. The number of para-hydroxylation sites is 1. The molecule has 2 aromatic rings. The van der Waals surface area contributed by atoms with Crippen LogP contribution in [0.5, 0.6) is 0 Å². The van der Waals surface area contributed by atoms with Crippen LogP contribution in [-0.4, -0.2) is 73.5 Å². The topological polar surface area (TPSA) is 73.8 Å². The van der Waals surface area contributed by atoms with Crippen LogP contribution in [0.3, 0.4) is 0 Å². The highest BCUT2D eigenvalue weighted by molar-refractivity contribution is 7.88. The number of carbonyl (C=O) groups is 1. The van der Waals surface area contributed by atoms with Gasteiger partial charge in [-0.1, -0.05) is 37.3 Å². The molecule has 0 N–H and O–H groups in total. The molecule has 0 bridgehead atoms. The van der Waals surface area contributed by atoms with Crippen LogP contribution in [0.15, 0.2) is 18.2 Å². The summed E-state index contributed by atoms with van der Waals surface area (Å²) < 4.78 is 26.5. The van der Waals surface area contributed by atoms with Crippen LogP contribution >= 0.6 is 11.3 Å². The van der Waals surface area contributed by atoms with E-state index in [2.05, 4.69) is 36.9 Å². The Kier molecular flexibility index (Phi) is 5.56. The third-order valence-corrected chi connectivity index (χ3v) is 8.21. The molecule has 1 unspecified atom stereocenters. The second kappa shape index (κ2) is 7.85. The predicted molar refractivity (Wildman–Crippen MR) is 117 cm³/mol. The molecule has 1 aromatic heterocycles. The Labute approximate surface area is 176 Å². The Morgan fingerprint density at radius 1 is 1.17 bits per heavy atom. The Hall–Kier alpha value is -1.71. The number of benzene rings is 1. The smallest absolute Gasteiger partial charge is 0.241 e. The molecule has 1 atom stereocenters. The van der Waals surface area contributed by atoms with Crippen LogP contribution in [0.25, 0.3) is 10.2 Å². The molecule has 9 heteroatoms. The minimum absolute atomic E-state index is 0.0565. The fourth-order valence-electron chi connectivity index (χ4n) is 4.27. The van der Waals surface area contributed by atoms with Gasteiger partial charge in [-0.2, -0.15) is 4.31 Å². The van der Waals surface area contributed by atoms with E-state index in [1.165, 1.54) is 20.8 Å². The van der Waals surface area contributed by atoms with Crippen LogP contribution < -0.4 is 4.90 Å². The summed E-state index contributed by atoms with van der Waals surface area (Å²) in [6.07, 6.45) is 2.55. The molecule has 2 aliphatic rings. The van der Waals surface area contributed by atoms with Crippen LogP contribution in [0.1, 0.15) is 38.2 Å². The number of aromatic nitrogens is 1. The molecule has 7 nitrogen and oxygen atoms in total. The lowest BCUT2D eigenvalue weighted by Crippen LogP contribution is -2.54. The first-order chi connectivity index (χ1) is 13.8. The summed E-state index contributed by atoms with van der Waals surface area (Å²) in [4.78, 5) is 21.9. The summed E-state index contributed by atoms with van der Waals surface area (Å²) in [5.41, 5.74) is 2.34. The van der Waals surface area contributed by atoms with Crippen molar-refractivity contribution in [2.75, 3.05) is 43.9 Å². The van der Waals surface area contributed by atoms with Gasteiger partial charge in [0, 0.05) is 32.7 Å². The molecule has 158 valence electrons. The number of sulfonamides is 1. The summed E-state index contributed by atoms with van der Waals surface area (Å²) in [7, 11) is -3.35. The fourth-order valence-corrected chi connectivity index (χ4v) is 6.44. The largest absolute Gasteiger partial charge is 0.345 e. The number of piperazine rings is 1. The molecule has 0 aliphatic carbocycles. The first-order valence-electron chi connectivity index (χ1n) is 10.2. The maximum Gasteiger partial charge on any atom is 0.241 e. The highest BCUT2D eigenvalue weighted by Crippen LogP contribution is 2.34. The molecular formula is C20H28N4O3S2. The molecule has 1 aromatic carbocycles. The molecule has 2 fully saturated rings. The Bertz CT molecular complexity index is 1010. The van der Waals surface area contributed by atoms with Gasteiger partial charge in [-0.3, -0.25) is 4.79 Å². The van der Waals surface area contributed by atoms with Crippen molar-refractivity contribution in [1.82, 2.24) is 14.2 Å². The number of nitrogens with zero attached hydrogens (tertiary/aromatic N) is 4. The first-order valence-corrected chi connectivity index (χ1v) is 12.8. The van der Waals surface area contributed by atoms with E-state index in [0.29, 0.717) is 45.1 Å². The van der Waals surface area contributed by atoms with E-state index in [4.69, 9.17) is 4.98 Å². The van der Waals surface area contributed by atoms with Crippen LogP contribution in [0, 0.1) is 0 Å². The molecule has 1 amide bonds. The van der Waals surface area contributed by atoms with E-state index in [1.807, 2.05) is 4.90 Å². The zero-order valence-electron chi connectivity index (χ0n) is 17.2. The average molecular weight is 437 g/mol. The lowest BCUT2D eigenvalue weighted by Gasteiger charge is -2.36. The third-order valence-electron chi connectivity index (χ3n) is 5.84. The maximum atomic E-state index is 12.9. The third kappa shape index (κ3) is 4.00. The van der Waals surface area contributed by atoms with Gasteiger partial charge < -0.3 is 9.80 Å². The zero-order valence-corrected chi connectivity index (χ0v) is 18.8. The van der Waals surface area contributed by atoms with Gasteiger partial charge in [0.1, 0.15) is 6.04 Å². The second-order valence-corrected chi connectivity index (χ2v) is 11.1. The first kappa shape index (κ1) is 20.6. The van der Waals surface area contributed by atoms with Gasteiger partial charge in [-0.25, -0.2) is 13.4 Å². The molecular weight excluding hydrogens is 408 g/mol. The zero-order chi connectivity index (χ0) is 20.8. The summed E-state index contributed by atoms with van der Waals surface area (Å²) in [6, 6.07) is 5.81. The van der Waals surface area contributed by atoms with Gasteiger partial charge in [-0.05, 0) is 30.4 Å². The Morgan fingerprint density at radius 3 is 2.55 bits per heavy atom. The quantitative estimate of drug-likeness (QED) is 0.736. The number of carbonyl (C=O) groups excluding carboxylic acids is 1. The van der Waals surface area contributed by atoms with Crippen LogP contribution in [0.4, 0.5) is 5.13 Å². The van der Waals surface area contributed by atoms with E-state index in [-0.39, 0.29) is 5.91 Å². The number of hydrogen-bond acceptors (Lipinski definition) is 6. The summed E-state index contributed by atoms with van der Waals surface area (Å²) >= 11 is 1.70. The van der Waals surface area contributed by atoms with Crippen molar-refractivity contribution in [3.05, 3.63) is 23.8 Å². The van der Waals surface area contributed by atoms with Gasteiger partial charge in [0.25, 0.3) is 0 Å². The number of amides is 1. The number of fused-ring (bicyclic) bond motifs is 1. The minimum atomic E-state index is -3.35. The van der Waals surface area contributed by atoms with Crippen molar-refractivity contribution in [1.29, 1.82) is 0 Å². The summed E-state index contributed by atoms with van der Waals surface area (Å²) in [6.45, 7) is 7.43. The van der Waals surface area contributed by atoms with Crippen molar-refractivity contribution in [2.45, 2.75) is 38.6 Å². The molecule has 29 heavy (non-hydrogen) atoms. The van der Waals surface area contributed by atoms with Gasteiger partial charge in [0.2, 0.25) is 15.9 Å². The van der Waals surface area contributed by atoms with Gasteiger partial charge in [0.05, 0.1) is 16.5 Å². The molecule has 4 rings (SSSR count). The Balaban J connectivity index is 1.45. The lowest BCUT2D eigenvalue weighted by atomic mass is 10.0. The Morgan fingerprint density at radius 2 is 1.90 bits per heavy atom. The summed E-state index contributed by atoms with van der Waals surface area (Å²) in [5, 5.41) is 0.999. The van der Waals surface area contributed by atoms with E-state index in [1.54, 1.807) is 11.3 Å². The SMILES string of the molecule is CC(C)c1cccc2sc(N3CCN(C(=O)C4CCCN4S(C)(=O)=O)CC3)nc12. The molecule has 0 radical (unpaired) electrons. The van der Waals surface area contributed by atoms with Gasteiger partial charge in [-0.15, -0.1) is 0 Å². The minimum Gasteiger partial charge on any atom is -0.345 e. The van der Waals surface area contributed by atoms with Crippen molar-refractivity contribution in [3.8, 4) is 0 Å². The van der Waals surface area contributed by atoms with E-state index >= 15 is 0 Å². The molecule has 0 spiro atoms. The van der Waals surface area contributed by atoms with Crippen molar-refractivity contribution in [3.63, 3.8) is 0 Å². The number of hydrogen-bond donors (Lipinski definition) is 0. The normalized spacial score (nSPS) is 21.4. The van der Waals surface area contributed by atoms with E-state index < -0.39 is 16.1 Å². The number of anilines is 1. The van der Waals surface area contributed by atoms with E-state index in [9.17, 15) is 13.2 Å². The highest BCUT2D eigenvalue weighted by Gasteiger charge is 2.39. The fraction of sp³-hybridized carbons (Fsp3) is 0.600. The highest BCUT2D eigenvalue weighted by atomic mass is 32.2. The van der Waals surface area contributed by atoms with Crippen molar-refractivity contribution >= 4 is 42.6 Å². The molecule has 2 saturated heterocycles. The van der Waals surface area contributed by atoms with E-state index in [0.717, 1.165) is 17.1 Å². The monoisotopic (exact) mass is 436 g/mol.